The van der Waals surface area contributed by atoms with Crippen LogP contribution < -0.4 is 10.1 Å². The van der Waals surface area contributed by atoms with Gasteiger partial charge >= 0.3 is 6.61 Å². The molecule has 0 aromatic heterocycles. The van der Waals surface area contributed by atoms with Gasteiger partial charge in [-0.25, -0.2) is 0 Å². The molecule has 0 saturated carbocycles. The number of nitrogens with one attached hydrogen (secondary N) is 1. The predicted molar refractivity (Wildman–Crippen MR) is 70.3 cm³/mol. The highest BCUT2D eigenvalue weighted by molar-refractivity contribution is 5.27. The lowest BCUT2D eigenvalue weighted by atomic mass is 9.88. The van der Waals surface area contributed by atoms with Crippen molar-refractivity contribution >= 4 is 0 Å². The van der Waals surface area contributed by atoms with Crippen molar-refractivity contribution in [1.29, 1.82) is 0 Å². The zero-order chi connectivity index (χ0) is 14.3. The van der Waals surface area contributed by atoms with Crippen molar-refractivity contribution in [2.45, 2.75) is 33.4 Å². The molecular weight excluding hydrogens is 252 g/mol. The Morgan fingerprint density at radius 1 is 1.32 bits per heavy atom. The fourth-order valence-electron chi connectivity index (χ4n) is 1.59. The standard InChI is InChI=1S/C14H21F2NO2/c1-3-14(2,10-18)9-17-8-11-4-6-12(7-5-11)19-13(15)16/h4-7,13,17-18H,3,8-10H2,1-2H3. The Kier molecular flexibility index (Phi) is 6.18. The molecule has 2 N–H and O–H groups in total. The number of alkyl halides is 2. The Morgan fingerprint density at radius 2 is 1.95 bits per heavy atom. The van der Waals surface area contributed by atoms with E-state index in [1.807, 2.05) is 13.8 Å². The Bertz CT molecular complexity index is 364. The Balaban J connectivity index is 2.42. The first kappa shape index (κ1) is 15.9. The number of halogens is 2. The zero-order valence-corrected chi connectivity index (χ0v) is 11.3. The van der Waals surface area contributed by atoms with E-state index < -0.39 is 6.61 Å². The van der Waals surface area contributed by atoms with Crippen LogP contribution in [0.4, 0.5) is 8.78 Å². The van der Waals surface area contributed by atoms with Crippen LogP contribution in [0.15, 0.2) is 24.3 Å². The average Bonchev–Trinajstić information content (AvgIpc) is 2.40. The SMILES string of the molecule is CCC(C)(CO)CNCc1ccc(OC(F)F)cc1. The molecule has 0 aliphatic rings. The lowest BCUT2D eigenvalue weighted by molar-refractivity contribution is -0.0498. The summed E-state index contributed by atoms with van der Waals surface area (Å²) >= 11 is 0. The van der Waals surface area contributed by atoms with Crippen molar-refractivity contribution in [3.63, 3.8) is 0 Å². The molecule has 0 saturated heterocycles. The van der Waals surface area contributed by atoms with E-state index in [4.69, 9.17) is 0 Å². The van der Waals surface area contributed by atoms with Gasteiger partial charge in [0.15, 0.2) is 0 Å². The highest BCUT2D eigenvalue weighted by Gasteiger charge is 2.19. The molecule has 0 amide bonds. The molecule has 5 heteroatoms. The molecule has 0 spiro atoms. The van der Waals surface area contributed by atoms with Gasteiger partial charge in [-0.2, -0.15) is 8.78 Å². The third-order valence-corrected chi connectivity index (χ3v) is 3.26. The van der Waals surface area contributed by atoms with Crippen LogP contribution in [0.1, 0.15) is 25.8 Å². The van der Waals surface area contributed by atoms with Crippen LogP contribution in [0.5, 0.6) is 5.75 Å². The van der Waals surface area contributed by atoms with Gasteiger partial charge in [-0.05, 0) is 24.1 Å². The molecule has 0 fully saturated rings. The quantitative estimate of drug-likeness (QED) is 0.765. The number of benzene rings is 1. The van der Waals surface area contributed by atoms with Gasteiger partial charge in [-0.1, -0.05) is 26.0 Å². The number of hydrogen-bond acceptors (Lipinski definition) is 3. The second-order valence-electron chi connectivity index (χ2n) is 4.95. The topological polar surface area (TPSA) is 41.5 Å². The summed E-state index contributed by atoms with van der Waals surface area (Å²) in [6.07, 6.45) is 0.887. The van der Waals surface area contributed by atoms with Crippen molar-refractivity contribution < 1.29 is 18.6 Å². The normalized spacial score (nSPS) is 14.4. The van der Waals surface area contributed by atoms with Crippen molar-refractivity contribution in [3.05, 3.63) is 29.8 Å². The van der Waals surface area contributed by atoms with Crippen molar-refractivity contribution in [3.8, 4) is 5.75 Å². The minimum atomic E-state index is -2.79. The number of aliphatic hydroxyl groups excluding tert-OH is 1. The smallest absolute Gasteiger partial charge is 0.387 e. The summed E-state index contributed by atoms with van der Waals surface area (Å²) in [5.41, 5.74) is 0.858. The molecule has 1 atom stereocenters. The molecule has 1 unspecified atom stereocenters. The highest BCUT2D eigenvalue weighted by atomic mass is 19.3. The molecule has 0 heterocycles. The van der Waals surface area contributed by atoms with Crippen LogP contribution in [0.3, 0.4) is 0 Å². The van der Waals surface area contributed by atoms with Crippen LogP contribution >= 0.6 is 0 Å². The maximum atomic E-state index is 12.0. The Morgan fingerprint density at radius 3 is 2.42 bits per heavy atom. The summed E-state index contributed by atoms with van der Waals surface area (Å²) in [5, 5.41) is 12.5. The molecule has 0 bridgehead atoms. The molecule has 1 aromatic carbocycles. The maximum Gasteiger partial charge on any atom is 0.387 e. The number of hydrogen-bond donors (Lipinski definition) is 2. The molecule has 19 heavy (non-hydrogen) atoms. The van der Waals surface area contributed by atoms with E-state index in [1.165, 1.54) is 12.1 Å². The molecule has 0 aliphatic heterocycles. The number of aliphatic hydroxyl groups is 1. The van der Waals surface area contributed by atoms with Crippen LogP contribution in [0, 0.1) is 5.41 Å². The van der Waals surface area contributed by atoms with E-state index >= 15 is 0 Å². The van der Waals surface area contributed by atoms with Gasteiger partial charge in [0.2, 0.25) is 0 Å². The van der Waals surface area contributed by atoms with Crippen LogP contribution in [-0.2, 0) is 6.54 Å². The van der Waals surface area contributed by atoms with Crippen LogP contribution in [0.2, 0.25) is 0 Å². The van der Waals surface area contributed by atoms with Crippen molar-refractivity contribution in [2.75, 3.05) is 13.2 Å². The van der Waals surface area contributed by atoms with Gasteiger partial charge < -0.3 is 15.2 Å². The van der Waals surface area contributed by atoms with E-state index in [0.29, 0.717) is 13.1 Å². The molecule has 1 aromatic rings. The lowest BCUT2D eigenvalue weighted by Crippen LogP contribution is -2.34. The van der Waals surface area contributed by atoms with Crippen molar-refractivity contribution in [2.24, 2.45) is 5.41 Å². The van der Waals surface area contributed by atoms with Gasteiger partial charge in [0.05, 0.1) is 0 Å². The molecular formula is C14H21F2NO2. The second-order valence-corrected chi connectivity index (χ2v) is 4.95. The maximum absolute atomic E-state index is 12.0. The average molecular weight is 273 g/mol. The van der Waals surface area contributed by atoms with E-state index in [9.17, 15) is 13.9 Å². The van der Waals surface area contributed by atoms with Gasteiger partial charge in [-0.15, -0.1) is 0 Å². The van der Waals surface area contributed by atoms with Gasteiger partial charge in [0, 0.05) is 25.1 Å². The minimum Gasteiger partial charge on any atom is -0.435 e. The zero-order valence-electron chi connectivity index (χ0n) is 11.3. The summed E-state index contributed by atoms with van der Waals surface area (Å²) in [4.78, 5) is 0. The highest BCUT2D eigenvalue weighted by Crippen LogP contribution is 2.19. The Hall–Kier alpha value is -1.20. The second kappa shape index (κ2) is 7.40. The fourth-order valence-corrected chi connectivity index (χ4v) is 1.59. The third-order valence-electron chi connectivity index (χ3n) is 3.26. The molecule has 3 nitrogen and oxygen atoms in total. The summed E-state index contributed by atoms with van der Waals surface area (Å²) in [7, 11) is 0. The lowest BCUT2D eigenvalue weighted by Gasteiger charge is -2.25. The van der Waals surface area contributed by atoms with Crippen LogP contribution in [-0.4, -0.2) is 24.9 Å². The number of ether oxygens (including phenoxy) is 1. The van der Waals surface area contributed by atoms with Crippen molar-refractivity contribution in [1.82, 2.24) is 5.32 Å². The van der Waals surface area contributed by atoms with E-state index in [0.717, 1.165) is 12.0 Å². The predicted octanol–water partition coefficient (Wildman–Crippen LogP) is 2.79. The van der Waals surface area contributed by atoms with Gasteiger partial charge in [0.1, 0.15) is 5.75 Å². The van der Waals surface area contributed by atoms with E-state index in [2.05, 4.69) is 10.1 Å². The summed E-state index contributed by atoms with van der Waals surface area (Å²) in [6, 6.07) is 6.53. The van der Waals surface area contributed by atoms with Crippen LogP contribution in [0.25, 0.3) is 0 Å². The third kappa shape index (κ3) is 5.53. The summed E-state index contributed by atoms with van der Waals surface area (Å²) in [6.45, 7) is 2.73. The number of rotatable bonds is 8. The molecule has 108 valence electrons. The largest absolute Gasteiger partial charge is 0.435 e. The fraction of sp³-hybridized carbons (Fsp3) is 0.571. The first-order valence-electron chi connectivity index (χ1n) is 6.34. The first-order chi connectivity index (χ1) is 8.99. The molecule has 0 aliphatic carbocycles. The molecule has 0 radical (unpaired) electrons. The van der Waals surface area contributed by atoms with Gasteiger partial charge in [0.25, 0.3) is 0 Å². The minimum absolute atomic E-state index is 0.126. The van der Waals surface area contributed by atoms with E-state index in [1.54, 1.807) is 12.1 Å². The van der Waals surface area contributed by atoms with Gasteiger partial charge in [-0.3, -0.25) is 0 Å². The summed E-state index contributed by atoms with van der Waals surface area (Å²) < 4.78 is 28.2. The first-order valence-corrected chi connectivity index (χ1v) is 6.34. The molecule has 1 rings (SSSR count). The monoisotopic (exact) mass is 273 g/mol. The Labute approximate surface area is 112 Å². The summed E-state index contributed by atoms with van der Waals surface area (Å²) in [5.74, 6) is 0.160. The van der Waals surface area contributed by atoms with E-state index in [-0.39, 0.29) is 17.8 Å².